The van der Waals surface area contributed by atoms with Crippen LogP contribution in [0.1, 0.15) is 122 Å². The predicted octanol–water partition coefficient (Wildman–Crippen LogP) is 16.8. The SMILES string of the molecule is CCCCCCCCCCc1cccc2nc3cc4oc5c(Cl)c6c(c(Cl)c5nc4cc3c12)Oc1cc2c(cc1N6)c1ccccc1n2CCCCCCCCCC. The van der Waals surface area contributed by atoms with Gasteiger partial charge in [-0.15, -0.1) is 0 Å². The first kappa shape index (κ1) is 39.0. The number of nitrogens with zero attached hydrogens (tertiary/aromatic N) is 3. The number of para-hydroxylation sites is 1. The third-order valence-electron chi connectivity index (χ3n) is 12.3. The Morgan fingerprint density at radius 1 is 0.621 bits per heavy atom. The summed E-state index contributed by atoms with van der Waals surface area (Å²) >= 11 is 14.4. The number of rotatable bonds is 18. The van der Waals surface area contributed by atoms with E-state index >= 15 is 0 Å². The van der Waals surface area contributed by atoms with E-state index in [4.69, 9.17) is 42.3 Å². The molecule has 300 valence electrons. The number of benzene rings is 5. The minimum atomic E-state index is 0.360. The molecule has 5 aromatic carbocycles. The second-order valence-electron chi connectivity index (χ2n) is 16.4. The molecule has 9 rings (SSSR count). The first-order chi connectivity index (χ1) is 28.5. The van der Waals surface area contributed by atoms with E-state index in [2.05, 4.69) is 84.4 Å². The molecule has 0 atom stereocenters. The summed E-state index contributed by atoms with van der Waals surface area (Å²) in [5.41, 5.74) is 9.19. The van der Waals surface area contributed by atoms with Crippen LogP contribution in [0.25, 0.3) is 65.8 Å². The van der Waals surface area contributed by atoms with Gasteiger partial charge in [-0.25, -0.2) is 9.97 Å². The Morgan fingerprint density at radius 3 is 2.12 bits per heavy atom. The third kappa shape index (κ3) is 7.47. The fraction of sp³-hybridized carbons (Fsp3) is 0.400. The van der Waals surface area contributed by atoms with Gasteiger partial charge in [0.05, 0.1) is 22.2 Å². The maximum atomic E-state index is 7.22. The highest BCUT2D eigenvalue weighted by molar-refractivity contribution is 6.43. The number of hydrogen-bond acceptors (Lipinski definition) is 5. The van der Waals surface area contributed by atoms with Gasteiger partial charge in [-0.1, -0.05) is 157 Å². The average molecular weight is 814 g/mol. The highest BCUT2D eigenvalue weighted by atomic mass is 35.5. The smallest absolute Gasteiger partial charge is 0.175 e. The molecule has 8 heteroatoms. The van der Waals surface area contributed by atoms with Crippen molar-refractivity contribution in [2.75, 3.05) is 5.32 Å². The molecule has 0 saturated heterocycles. The molecule has 1 aliphatic rings. The first-order valence-electron chi connectivity index (χ1n) is 22.0. The van der Waals surface area contributed by atoms with Gasteiger partial charge in [0.1, 0.15) is 26.8 Å². The van der Waals surface area contributed by atoms with Crippen LogP contribution in [-0.2, 0) is 13.0 Å². The molecule has 1 N–H and O–H groups in total. The van der Waals surface area contributed by atoms with E-state index in [0.717, 1.165) is 47.0 Å². The second-order valence-corrected chi connectivity index (χ2v) is 17.2. The molecule has 0 aliphatic carbocycles. The van der Waals surface area contributed by atoms with Gasteiger partial charge in [-0.05, 0) is 49.1 Å². The summed E-state index contributed by atoms with van der Waals surface area (Å²) in [7, 11) is 0. The normalized spacial score (nSPS) is 12.6. The summed E-state index contributed by atoms with van der Waals surface area (Å²) in [5.74, 6) is 1.16. The van der Waals surface area contributed by atoms with Crippen LogP contribution < -0.4 is 10.1 Å². The van der Waals surface area contributed by atoms with Crippen LogP contribution in [-0.4, -0.2) is 14.5 Å². The van der Waals surface area contributed by atoms with Crippen molar-refractivity contribution in [3.05, 3.63) is 82.3 Å². The molecule has 0 saturated carbocycles. The van der Waals surface area contributed by atoms with Gasteiger partial charge in [0.25, 0.3) is 0 Å². The molecule has 4 heterocycles. The lowest BCUT2D eigenvalue weighted by Crippen LogP contribution is -2.06. The van der Waals surface area contributed by atoms with Crippen molar-refractivity contribution in [3.8, 4) is 11.5 Å². The lowest BCUT2D eigenvalue weighted by molar-refractivity contribution is 0.482. The van der Waals surface area contributed by atoms with Gasteiger partial charge >= 0.3 is 0 Å². The van der Waals surface area contributed by atoms with E-state index in [9.17, 15) is 0 Å². The fourth-order valence-electron chi connectivity index (χ4n) is 9.21. The number of nitrogens with one attached hydrogen (secondary N) is 1. The Hall–Kier alpha value is -4.52. The standard InChI is InChI=1S/C50H54Cl2N4O2/c1-3-5-7-9-11-13-15-17-22-32-23-21-25-36-44(32)35-29-39-42(30-37(35)53-36)57-49-45(51)48-50(46(52)47(49)55-39)58-43-31-41-34(28-38(43)54-48)33-24-18-19-26-40(33)56(41)27-20-16-14-12-10-8-6-4-2/h18-19,21,23-26,28-31,54H,3-17,20,22,27H2,1-2H3. The molecule has 0 bridgehead atoms. The zero-order chi connectivity index (χ0) is 39.6. The average Bonchev–Trinajstić information content (AvgIpc) is 3.76. The predicted molar refractivity (Wildman–Crippen MR) is 246 cm³/mol. The summed E-state index contributed by atoms with van der Waals surface area (Å²) in [6.07, 6.45) is 21.8. The molecule has 0 fully saturated rings. The Labute approximate surface area is 351 Å². The van der Waals surface area contributed by atoms with Crippen molar-refractivity contribution < 1.29 is 9.15 Å². The lowest BCUT2D eigenvalue weighted by Gasteiger charge is -2.24. The largest absolute Gasteiger partial charge is 0.451 e. The number of aromatic nitrogens is 3. The van der Waals surface area contributed by atoms with E-state index in [1.807, 2.05) is 6.07 Å². The van der Waals surface area contributed by atoms with Crippen LogP contribution >= 0.6 is 23.2 Å². The number of unbranched alkanes of at least 4 members (excludes halogenated alkanes) is 14. The number of fused-ring (bicyclic) bond motifs is 10. The van der Waals surface area contributed by atoms with Crippen LogP contribution in [0.3, 0.4) is 0 Å². The monoisotopic (exact) mass is 812 g/mol. The number of anilines is 2. The van der Waals surface area contributed by atoms with Gasteiger partial charge < -0.3 is 19.0 Å². The Bertz CT molecular complexity index is 2770. The topological polar surface area (TPSA) is 65.1 Å². The number of halogens is 2. The number of ether oxygens (including phenoxy) is 1. The fourth-order valence-corrected chi connectivity index (χ4v) is 9.73. The van der Waals surface area contributed by atoms with Crippen LogP contribution in [0.2, 0.25) is 10.0 Å². The molecule has 8 aromatic rings. The number of aryl methyl sites for hydroxylation is 2. The van der Waals surface area contributed by atoms with Crippen molar-refractivity contribution in [2.24, 2.45) is 0 Å². The van der Waals surface area contributed by atoms with Crippen LogP contribution in [0.5, 0.6) is 11.5 Å². The molecule has 3 aromatic heterocycles. The second kappa shape index (κ2) is 17.4. The van der Waals surface area contributed by atoms with Gasteiger partial charge in [0, 0.05) is 45.7 Å². The van der Waals surface area contributed by atoms with Gasteiger partial charge in [-0.3, -0.25) is 0 Å². The molecule has 0 unspecified atom stereocenters. The van der Waals surface area contributed by atoms with Crippen LogP contribution in [0.15, 0.2) is 71.1 Å². The maximum Gasteiger partial charge on any atom is 0.175 e. The van der Waals surface area contributed by atoms with Crippen LogP contribution in [0.4, 0.5) is 11.4 Å². The Morgan fingerprint density at radius 2 is 1.34 bits per heavy atom. The first-order valence-corrected chi connectivity index (χ1v) is 22.8. The van der Waals surface area contributed by atoms with Crippen molar-refractivity contribution in [1.29, 1.82) is 0 Å². The summed E-state index contributed by atoms with van der Waals surface area (Å²) in [4.78, 5) is 10.1. The van der Waals surface area contributed by atoms with Gasteiger partial charge in [-0.2, -0.15) is 0 Å². The minimum absolute atomic E-state index is 0.360. The summed E-state index contributed by atoms with van der Waals surface area (Å²) < 4.78 is 15.7. The van der Waals surface area contributed by atoms with E-state index in [1.54, 1.807) is 0 Å². The molecular weight excluding hydrogens is 759 g/mol. The molecule has 6 nitrogen and oxygen atoms in total. The Kier molecular flexibility index (Phi) is 11.7. The molecule has 1 aliphatic heterocycles. The van der Waals surface area contributed by atoms with Crippen molar-refractivity contribution in [1.82, 2.24) is 14.5 Å². The van der Waals surface area contributed by atoms with Gasteiger partial charge in [0.2, 0.25) is 0 Å². The van der Waals surface area contributed by atoms with E-state index in [0.29, 0.717) is 49.4 Å². The van der Waals surface area contributed by atoms with Crippen molar-refractivity contribution >= 4 is 100 Å². The zero-order valence-electron chi connectivity index (χ0n) is 34.0. The van der Waals surface area contributed by atoms with Crippen LogP contribution in [0, 0.1) is 0 Å². The van der Waals surface area contributed by atoms with Crippen molar-refractivity contribution in [3.63, 3.8) is 0 Å². The summed E-state index contributed by atoms with van der Waals surface area (Å²) in [6, 6.07) is 23.6. The zero-order valence-corrected chi connectivity index (χ0v) is 35.5. The molecule has 0 radical (unpaired) electrons. The highest BCUT2D eigenvalue weighted by Gasteiger charge is 2.29. The summed E-state index contributed by atoms with van der Waals surface area (Å²) in [5, 5.41) is 8.99. The highest BCUT2D eigenvalue weighted by Crippen LogP contribution is 2.54. The minimum Gasteiger partial charge on any atom is -0.451 e. The molecule has 0 spiro atoms. The van der Waals surface area contributed by atoms with E-state index < -0.39 is 0 Å². The maximum absolute atomic E-state index is 7.22. The molecule has 0 amide bonds. The van der Waals surface area contributed by atoms with E-state index in [1.165, 1.54) is 124 Å². The lowest BCUT2D eigenvalue weighted by atomic mass is 9.99. The van der Waals surface area contributed by atoms with Gasteiger partial charge in [0.15, 0.2) is 22.7 Å². The quantitative estimate of drug-likeness (QED) is 0.0690. The summed E-state index contributed by atoms with van der Waals surface area (Å²) in [6.45, 7) is 5.51. The van der Waals surface area contributed by atoms with E-state index in [-0.39, 0.29) is 0 Å². The Balaban J connectivity index is 1.02. The number of hydrogen-bond donors (Lipinski definition) is 1. The molecule has 58 heavy (non-hydrogen) atoms. The molecular formula is C50H54Cl2N4O2. The third-order valence-corrected chi connectivity index (χ3v) is 13.0. The van der Waals surface area contributed by atoms with Crippen molar-refractivity contribution in [2.45, 2.75) is 130 Å².